The van der Waals surface area contributed by atoms with E-state index in [1.807, 2.05) is 12.1 Å². The van der Waals surface area contributed by atoms with E-state index in [1.54, 1.807) is 48.5 Å². The number of azo groups is 3. The van der Waals surface area contributed by atoms with Gasteiger partial charge in [-0.15, -0.1) is 10.2 Å². The summed E-state index contributed by atoms with van der Waals surface area (Å²) in [5, 5.41) is 54.7. The zero-order chi connectivity index (χ0) is 38.8. The molecule has 272 valence electrons. The monoisotopic (exact) mass is 768 g/mol. The smallest absolute Gasteiger partial charge is 0.296 e. The minimum absolute atomic E-state index is 0.0262. The summed E-state index contributed by atoms with van der Waals surface area (Å²) in [6.45, 7) is 0. The number of phenolic OH excluding ortho intramolecular Hbond substituents is 2. The zero-order valence-corrected chi connectivity index (χ0v) is 28.8. The van der Waals surface area contributed by atoms with Crippen molar-refractivity contribution in [1.82, 2.24) is 0 Å². The van der Waals surface area contributed by atoms with Crippen LogP contribution in [0.1, 0.15) is 0 Å². The zero-order valence-electron chi connectivity index (χ0n) is 27.2. The molecule has 0 fully saturated rings. The van der Waals surface area contributed by atoms with Gasteiger partial charge in [-0.2, -0.15) is 37.3 Å². The van der Waals surface area contributed by atoms with Gasteiger partial charge >= 0.3 is 0 Å². The number of anilines is 1. The molecule has 20 heteroatoms. The largest absolute Gasteiger partial charge is 0.508 e. The van der Waals surface area contributed by atoms with Crippen LogP contribution in [0, 0.1) is 10.1 Å². The molecular formula is C34H24N8O10S2. The molecule has 6 aromatic carbocycles. The second-order valence-corrected chi connectivity index (χ2v) is 14.0. The van der Waals surface area contributed by atoms with Crippen molar-refractivity contribution < 1.29 is 41.1 Å². The highest BCUT2D eigenvalue weighted by Gasteiger charge is 2.28. The highest BCUT2D eigenvalue weighted by Crippen LogP contribution is 2.48. The van der Waals surface area contributed by atoms with Gasteiger partial charge in [0.2, 0.25) is 0 Å². The summed E-state index contributed by atoms with van der Waals surface area (Å²) >= 11 is 0. The number of aromatic hydroxyl groups is 2. The third-order valence-corrected chi connectivity index (χ3v) is 9.39. The fourth-order valence-electron chi connectivity index (χ4n) is 5.04. The molecule has 54 heavy (non-hydrogen) atoms. The normalized spacial score (nSPS) is 12.3. The SMILES string of the molecule is Nc1c(N=Nc2ccc([N+](=O)[O-])cc2)c(S(=O)(=O)O)cc2cc(S(=O)(=O)O)c(N=Nc3ccc(-c4ccc(N=Nc5ccc(O)cc5)cc4)cc3)c(O)c12. The van der Waals surface area contributed by atoms with E-state index in [0.717, 1.165) is 35.4 Å². The summed E-state index contributed by atoms with van der Waals surface area (Å²) in [6, 6.07) is 26.0. The van der Waals surface area contributed by atoms with E-state index in [1.165, 1.54) is 24.3 Å². The first-order chi connectivity index (χ1) is 25.6. The average molecular weight is 769 g/mol. The van der Waals surface area contributed by atoms with Gasteiger partial charge in [-0.1, -0.05) is 24.3 Å². The summed E-state index contributed by atoms with van der Waals surface area (Å²) in [5.74, 6) is -0.821. The minimum atomic E-state index is -5.13. The lowest BCUT2D eigenvalue weighted by Crippen LogP contribution is -2.03. The van der Waals surface area contributed by atoms with Crippen LogP contribution < -0.4 is 5.73 Å². The average Bonchev–Trinajstić information content (AvgIpc) is 3.13. The van der Waals surface area contributed by atoms with Gasteiger partial charge in [0.25, 0.3) is 25.9 Å². The first kappa shape index (κ1) is 36.8. The number of nitrogens with two attached hydrogens (primary N) is 1. The van der Waals surface area contributed by atoms with Crippen LogP contribution >= 0.6 is 0 Å². The minimum Gasteiger partial charge on any atom is -0.508 e. The number of nitrogen functional groups attached to an aromatic ring is 1. The topological polar surface area (TPSA) is 293 Å². The van der Waals surface area contributed by atoms with E-state index in [9.17, 15) is 46.3 Å². The van der Waals surface area contributed by atoms with Crippen molar-refractivity contribution in [3.8, 4) is 22.6 Å². The van der Waals surface area contributed by atoms with Crippen LogP contribution in [0.3, 0.4) is 0 Å². The van der Waals surface area contributed by atoms with Crippen molar-refractivity contribution >= 4 is 76.5 Å². The number of hydrogen-bond acceptors (Lipinski definition) is 15. The van der Waals surface area contributed by atoms with E-state index < -0.39 is 57.8 Å². The van der Waals surface area contributed by atoms with Crippen LogP contribution in [-0.4, -0.2) is 41.1 Å². The Balaban J connectivity index is 1.34. The number of nitro groups is 1. The molecule has 0 saturated carbocycles. The number of hydrogen-bond donors (Lipinski definition) is 5. The van der Waals surface area contributed by atoms with Crippen LogP contribution in [0.15, 0.2) is 150 Å². The first-order valence-electron chi connectivity index (χ1n) is 15.1. The fraction of sp³-hybridized carbons (Fsp3) is 0. The molecule has 6 rings (SSSR count). The first-order valence-corrected chi connectivity index (χ1v) is 18.0. The third kappa shape index (κ3) is 8.05. The van der Waals surface area contributed by atoms with E-state index >= 15 is 0 Å². The molecule has 0 unspecified atom stereocenters. The lowest BCUT2D eigenvalue weighted by atomic mass is 10.0. The molecule has 0 spiro atoms. The molecule has 0 saturated heterocycles. The lowest BCUT2D eigenvalue weighted by Gasteiger charge is -2.14. The molecular weight excluding hydrogens is 745 g/mol. The van der Waals surface area contributed by atoms with Gasteiger partial charge in [0.05, 0.1) is 38.7 Å². The van der Waals surface area contributed by atoms with Crippen LogP contribution in [0.2, 0.25) is 0 Å². The number of non-ortho nitro benzene ring substituents is 1. The maximum Gasteiger partial charge on any atom is 0.296 e. The van der Waals surface area contributed by atoms with Gasteiger partial charge in [0.15, 0.2) is 5.75 Å². The molecule has 0 aliphatic heterocycles. The molecule has 6 aromatic rings. The summed E-state index contributed by atoms with van der Waals surface area (Å²) < 4.78 is 69.5. The Morgan fingerprint density at radius 3 is 1.35 bits per heavy atom. The highest BCUT2D eigenvalue weighted by molar-refractivity contribution is 7.86. The van der Waals surface area contributed by atoms with Crippen LogP contribution in [-0.2, 0) is 20.2 Å². The maximum atomic E-state index is 12.4. The Morgan fingerprint density at radius 2 is 0.926 bits per heavy atom. The number of phenols is 2. The van der Waals surface area contributed by atoms with Crippen LogP contribution in [0.25, 0.3) is 21.9 Å². The molecule has 18 nitrogen and oxygen atoms in total. The van der Waals surface area contributed by atoms with Gasteiger partial charge in [-0.3, -0.25) is 19.2 Å². The van der Waals surface area contributed by atoms with Crippen molar-refractivity contribution in [3.05, 3.63) is 119 Å². The molecule has 0 aliphatic rings. The Morgan fingerprint density at radius 1 is 0.556 bits per heavy atom. The number of nitrogens with zero attached hydrogens (tertiary/aromatic N) is 7. The second kappa shape index (κ2) is 14.6. The molecule has 6 N–H and O–H groups in total. The third-order valence-electron chi connectivity index (χ3n) is 7.66. The van der Waals surface area contributed by atoms with Gasteiger partial charge < -0.3 is 15.9 Å². The van der Waals surface area contributed by atoms with Gasteiger partial charge in [-0.05, 0) is 89.3 Å². The quantitative estimate of drug-likeness (QED) is 0.0287. The van der Waals surface area contributed by atoms with Crippen molar-refractivity contribution in [3.63, 3.8) is 0 Å². The molecule has 0 radical (unpaired) electrons. The summed E-state index contributed by atoms with van der Waals surface area (Å²) in [7, 11) is -10.2. The number of rotatable bonds is 10. The molecule has 0 aromatic heterocycles. The Hall–Kier alpha value is -7.00. The van der Waals surface area contributed by atoms with Crippen molar-refractivity contribution in [1.29, 1.82) is 0 Å². The number of nitro benzene ring substituents is 1. The van der Waals surface area contributed by atoms with Crippen LogP contribution in [0.5, 0.6) is 11.5 Å². The maximum absolute atomic E-state index is 12.4. The Labute approximate surface area is 305 Å². The Bertz CT molecular complexity index is 2740. The predicted molar refractivity (Wildman–Crippen MR) is 195 cm³/mol. The summed E-state index contributed by atoms with van der Waals surface area (Å²) in [4.78, 5) is 8.42. The van der Waals surface area contributed by atoms with E-state index in [-0.39, 0.29) is 33.6 Å². The van der Waals surface area contributed by atoms with E-state index in [2.05, 4.69) is 30.7 Å². The predicted octanol–water partition coefficient (Wildman–Crippen LogP) is 9.15. The molecule has 0 bridgehead atoms. The number of fused-ring (bicyclic) bond motifs is 1. The van der Waals surface area contributed by atoms with Gasteiger partial charge in [-0.25, -0.2) is 0 Å². The molecule has 0 amide bonds. The lowest BCUT2D eigenvalue weighted by molar-refractivity contribution is -0.384. The number of benzene rings is 6. The van der Waals surface area contributed by atoms with E-state index in [0.29, 0.717) is 11.4 Å². The van der Waals surface area contributed by atoms with Crippen LogP contribution in [0.4, 0.5) is 45.5 Å². The molecule has 0 aliphatic carbocycles. The van der Waals surface area contributed by atoms with E-state index in [4.69, 9.17) is 5.73 Å². The van der Waals surface area contributed by atoms with Gasteiger partial charge in [0.1, 0.15) is 26.9 Å². The van der Waals surface area contributed by atoms with Crippen molar-refractivity contribution in [2.24, 2.45) is 30.7 Å². The summed E-state index contributed by atoms with van der Waals surface area (Å²) in [6.07, 6.45) is 0. The van der Waals surface area contributed by atoms with Crippen molar-refractivity contribution in [2.75, 3.05) is 5.73 Å². The highest BCUT2D eigenvalue weighted by atomic mass is 32.2. The van der Waals surface area contributed by atoms with Gasteiger partial charge in [0, 0.05) is 12.1 Å². The molecule has 0 heterocycles. The molecule has 0 atom stereocenters. The van der Waals surface area contributed by atoms with Crippen molar-refractivity contribution in [2.45, 2.75) is 9.79 Å². The fourth-order valence-corrected chi connectivity index (χ4v) is 6.37. The standard InChI is InChI=1S/C34H24N8O10S2/c35-31-30-21(17-28(53(47,48)49)32(31)40-38-24-9-13-26(14-10-24)42(45)46)18-29(54(50,51)52)33(34(30)44)41-39-23-7-3-20(4-8-23)19-1-5-22(6-2-19)36-37-25-11-15-27(43)16-12-25/h1-18,43-44H,35H2,(H,47,48,49)(H,50,51,52). The second-order valence-electron chi connectivity index (χ2n) is 11.2. The Kier molecular flexibility index (Phi) is 9.91. The summed E-state index contributed by atoms with van der Waals surface area (Å²) in [5.41, 5.74) is 6.91.